The Labute approximate surface area is 168 Å². The van der Waals surface area contributed by atoms with Crippen molar-refractivity contribution in [1.29, 1.82) is 0 Å². The largest absolute Gasteiger partial charge is 0.346 e. The summed E-state index contributed by atoms with van der Waals surface area (Å²) in [5.74, 6) is -0.716. The third-order valence-corrected chi connectivity index (χ3v) is 5.04. The molecule has 3 rings (SSSR count). The number of rotatable bonds is 6. The molecule has 1 aliphatic carbocycles. The van der Waals surface area contributed by atoms with E-state index in [9.17, 15) is 9.59 Å². The van der Waals surface area contributed by atoms with Gasteiger partial charge in [0.2, 0.25) is 11.8 Å². The third kappa shape index (κ3) is 4.93. The fraction of sp³-hybridized carbons (Fsp3) is 0.300. The standard InChI is InChI=1S/C20H21Cl2N3O2/c1-12-9-14(13(2)25(12)16-5-6-16)3-8-19(26)23-11-20(27)24-18-10-15(21)4-7-17(18)22/h3-4,7-10,16H,5-6,11H2,1-2H3,(H,23,26)(H,24,27)/b8-3+. The number of aryl methyl sites for hydroxylation is 1. The van der Waals surface area contributed by atoms with Crippen LogP contribution in [0.25, 0.3) is 6.08 Å². The molecule has 2 aromatic rings. The summed E-state index contributed by atoms with van der Waals surface area (Å²) in [6, 6.07) is 7.46. The quantitative estimate of drug-likeness (QED) is 0.694. The van der Waals surface area contributed by atoms with Crippen LogP contribution in [0.3, 0.4) is 0 Å². The van der Waals surface area contributed by atoms with E-state index in [0.717, 1.165) is 11.3 Å². The van der Waals surface area contributed by atoms with Crippen molar-refractivity contribution in [3.8, 4) is 0 Å². The molecule has 1 fully saturated rings. The van der Waals surface area contributed by atoms with E-state index in [0.29, 0.717) is 21.8 Å². The van der Waals surface area contributed by atoms with E-state index < -0.39 is 0 Å². The van der Waals surface area contributed by atoms with E-state index in [1.165, 1.54) is 24.6 Å². The lowest BCUT2D eigenvalue weighted by atomic mass is 10.2. The summed E-state index contributed by atoms with van der Waals surface area (Å²) >= 11 is 11.9. The van der Waals surface area contributed by atoms with E-state index in [2.05, 4.69) is 35.1 Å². The first-order chi connectivity index (χ1) is 12.8. The average molecular weight is 406 g/mol. The first-order valence-electron chi connectivity index (χ1n) is 8.74. The van der Waals surface area contributed by atoms with Crippen molar-refractivity contribution in [2.24, 2.45) is 0 Å². The average Bonchev–Trinajstić information content (AvgIpc) is 3.40. The Morgan fingerprint density at radius 2 is 1.96 bits per heavy atom. The highest BCUT2D eigenvalue weighted by atomic mass is 35.5. The van der Waals surface area contributed by atoms with Crippen LogP contribution < -0.4 is 10.6 Å². The zero-order chi connectivity index (χ0) is 19.6. The number of nitrogens with one attached hydrogen (secondary N) is 2. The fourth-order valence-electron chi connectivity index (χ4n) is 3.05. The number of hydrogen-bond acceptors (Lipinski definition) is 2. The minimum Gasteiger partial charge on any atom is -0.346 e. The number of anilines is 1. The van der Waals surface area contributed by atoms with Gasteiger partial charge in [0, 0.05) is 28.5 Å². The molecule has 2 amide bonds. The van der Waals surface area contributed by atoms with Crippen molar-refractivity contribution in [2.45, 2.75) is 32.7 Å². The van der Waals surface area contributed by atoms with Gasteiger partial charge in [0.05, 0.1) is 17.3 Å². The van der Waals surface area contributed by atoms with Gasteiger partial charge < -0.3 is 15.2 Å². The molecule has 0 atom stereocenters. The van der Waals surface area contributed by atoms with Gasteiger partial charge in [-0.05, 0) is 62.6 Å². The maximum atomic E-state index is 12.0. The fourth-order valence-corrected chi connectivity index (χ4v) is 3.38. The second-order valence-corrected chi connectivity index (χ2v) is 7.49. The van der Waals surface area contributed by atoms with E-state index >= 15 is 0 Å². The molecule has 0 bridgehead atoms. The number of aromatic nitrogens is 1. The predicted octanol–water partition coefficient (Wildman–Crippen LogP) is 4.51. The minimum absolute atomic E-state index is 0.160. The number of carbonyl (C=O) groups excluding carboxylic acids is 2. The van der Waals surface area contributed by atoms with Gasteiger partial charge in [0.25, 0.3) is 0 Å². The van der Waals surface area contributed by atoms with Crippen molar-refractivity contribution in [1.82, 2.24) is 9.88 Å². The number of halogens is 2. The van der Waals surface area contributed by atoms with Gasteiger partial charge in [-0.25, -0.2) is 0 Å². The molecule has 2 N–H and O–H groups in total. The Balaban J connectivity index is 1.53. The monoisotopic (exact) mass is 405 g/mol. The highest BCUT2D eigenvalue weighted by molar-refractivity contribution is 6.35. The summed E-state index contributed by atoms with van der Waals surface area (Å²) in [5.41, 5.74) is 3.79. The van der Waals surface area contributed by atoms with Gasteiger partial charge in [-0.15, -0.1) is 0 Å². The molecule has 7 heteroatoms. The highest BCUT2D eigenvalue weighted by Crippen LogP contribution is 2.38. The Morgan fingerprint density at radius 1 is 1.22 bits per heavy atom. The van der Waals surface area contributed by atoms with Crippen LogP contribution in [0.15, 0.2) is 30.3 Å². The van der Waals surface area contributed by atoms with Crippen molar-refractivity contribution in [3.05, 3.63) is 57.3 Å². The van der Waals surface area contributed by atoms with E-state index in [-0.39, 0.29) is 18.4 Å². The van der Waals surface area contributed by atoms with Crippen LogP contribution in [0.5, 0.6) is 0 Å². The highest BCUT2D eigenvalue weighted by Gasteiger charge is 2.26. The summed E-state index contributed by atoms with van der Waals surface area (Å²) in [5, 5.41) is 6.03. The Hall–Kier alpha value is -2.24. The molecule has 27 heavy (non-hydrogen) atoms. The predicted molar refractivity (Wildman–Crippen MR) is 109 cm³/mol. The molecule has 1 aromatic heterocycles. The van der Waals surface area contributed by atoms with Crippen LogP contribution in [0.4, 0.5) is 5.69 Å². The van der Waals surface area contributed by atoms with Crippen LogP contribution in [0.1, 0.15) is 35.8 Å². The molecule has 1 aromatic carbocycles. The first kappa shape index (κ1) is 19.5. The number of hydrogen-bond donors (Lipinski definition) is 2. The summed E-state index contributed by atoms with van der Waals surface area (Å²) in [4.78, 5) is 24.0. The Bertz CT molecular complexity index is 914. The summed E-state index contributed by atoms with van der Waals surface area (Å²) in [7, 11) is 0. The summed E-state index contributed by atoms with van der Waals surface area (Å²) in [6.45, 7) is 3.98. The SMILES string of the molecule is Cc1cc(/C=C/C(=O)NCC(=O)Nc2cc(Cl)ccc2Cl)c(C)n1C1CC1. The maximum Gasteiger partial charge on any atom is 0.244 e. The van der Waals surface area contributed by atoms with Crippen molar-refractivity contribution < 1.29 is 9.59 Å². The number of amides is 2. The molecule has 0 aliphatic heterocycles. The molecule has 142 valence electrons. The van der Waals surface area contributed by atoms with E-state index in [4.69, 9.17) is 23.2 Å². The minimum atomic E-state index is -0.382. The van der Waals surface area contributed by atoms with Gasteiger partial charge in [0.15, 0.2) is 0 Å². The smallest absolute Gasteiger partial charge is 0.244 e. The van der Waals surface area contributed by atoms with Crippen molar-refractivity contribution in [3.63, 3.8) is 0 Å². The third-order valence-electron chi connectivity index (χ3n) is 4.48. The van der Waals surface area contributed by atoms with E-state index in [1.54, 1.807) is 24.3 Å². The lowest BCUT2D eigenvalue weighted by molar-refractivity contribution is -0.121. The van der Waals surface area contributed by atoms with Crippen LogP contribution in [-0.2, 0) is 9.59 Å². The van der Waals surface area contributed by atoms with Gasteiger partial charge >= 0.3 is 0 Å². The Kier molecular flexibility index (Phi) is 5.92. The molecule has 0 saturated heterocycles. The second kappa shape index (κ2) is 8.19. The van der Waals surface area contributed by atoms with Crippen LogP contribution in [0, 0.1) is 13.8 Å². The molecule has 0 radical (unpaired) electrons. The molecule has 0 unspecified atom stereocenters. The molecule has 1 aliphatic rings. The van der Waals surface area contributed by atoms with Gasteiger partial charge in [0.1, 0.15) is 0 Å². The van der Waals surface area contributed by atoms with E-state index in [1.807, 2.05) is 0 Å². The summed E-state index contributed by atoms with van der Waals surface area (Å²) in [6.07, 6.45) is 5.65. The van der Waals surface area contributed by atoms with Gasteiger partial charge in [-0.2, -0.15) is 0 Å². The van der Waals surface area contributed by atoms with Crippen LogP contribution >= 0.6 is 23.2 Å². The molecule has 0 spiro atoms. The lowest BCUT2D eigenvalue weighted by Crippen LogP contribution is -2.31. The molecular weight excluding hydrogens is 385 g/mol. The molecular formula is C20H21Cl2N3O2. The van der Waals surface area contributed by atoms with Crippen molar-refractivity contribution in [2.75, 3.05) is 11.9 Å². The molecule has 1 saturated carbocycles. The van der Waals surface area contributed by atoms with Gasteiger partial charge in [-0.3, -0.25) is 9.59 Å². The number of carbonyl (C=O) groups is 2. The topological polar surface area (TPSA) is 63.1 Å². The Morgan fingerprint density at radius 3 is 2.67 bits per heavy atom. The zero-order valence-corrected chi connectivity index (χ0v) is 16.7. The maximum absolute atomic E-state index is 12.0. The lowest BCUT2D eigenvalue weighted by Gasteiger charge is -2.08. The van der Waals surface area contributed by atoms with Crippen LogP contribution in [0.2, 0.25) is 10.0 Å². The van der Waals surface area contributed by atoms with Crippen molar-refractivity contribution >= 4 is 46.8 Å². The summed E-state index contributed by atoms with van der Waals surface area (Å²) < 4.78 is 2.32. The normalized spacial score (nSPS) is 13.8. The van der Waals surface area contributed by atoms with Gasteiger partial charge in [-0.1, -0.05) is 23.2 Å². The number of benzene rings is 1. The first-order valence-corrected chi connectivity index (χ1v) is 9.50. The van der Waals surface area contributed by atoms with Crippen LogP contribution in [-0.4, -0.2) is 22.9 Å². The molecule has 1 heterocycles. The number of nitrogens with zero attached hydrogens (tertiary/aromatic N) is 1. The second-order valence-electron chi connectivity index (χ2n) is 6.65. The zero-order valence-electron chi connectivity index (χ0n) is 15.2. The molecule has 5 nitrogen and oxygen atoms in total.